The van der Waals surface area contributed by atoms with Crippen LogP contribution in [-0.4, -0.2) is 6.61 Å². The zero-order chi connectivity index (χ0) is 14.2. The number of ether oxygens (including phenoxy) is 1. The van der Waals surface area contributed by atoms with E-state index in [9.17, 15) is 0 Å². The second kappa shape index (κ2) is 5.60. The third-order valence-corrected chi connectivity index (χ3v) is 5.38. The summed E-state index contributed by atoms with van der Waals surface area (Å²) >= 11 is 6.69. The number of fused-ring (bicyclic) bond motifs is 1. The largest absolute Gasteiger partial charge is 0.492 e. The minimum absolute atomic E-state index is 0.118. The lowest BCUT2D eigenvalue weighted by Crippen LogP contribution is -2.18. The van der Waals surface area contributed by atoms with Crippen LogP contribution in [0.25, 0.3) is 0 Å². The number of rotatable bonds is 3. The first-order chi connectivity index (χ1) is 9.56. The van der Waals surface area contributed by atoms with Crippen molar-refractivity contribution in [3.05, 3.63) is 29.3 Å². The van der Waals surface area contributed by atoms with E-state index in [1.165, 1.54) is 43.2 Å². The highest BCUT2D eigenvalue weighted by atomic mass is 35.5. The fourth-order valence-electron chi connectivity index (χ4n) is 3.58. The van der Waals surface area contributed by atoms with Crippen molar-refractivity contribution in [1.82, 2.24) is 0 Å². The van der Waals surface area contributed by atoms with Crippen molar-refractivity contribution in [2.24, 2.45) is 5.92 Å². The minimum atomic E-state index is 0.118. The third kappa shape index (κ3) is 2.83. The van der Waals surface area contributed by atoms with Gasteiger partial charge in [-0.2, -0.15) is 0 Å². The van der Waals surface area contributed by atoms with Crippen molar-refractivity contribution < 1.29 is 4.74 Å². The van der Waals surface area contributed by atoms with E-state index in [2.05, 4.69) is 32.0 Å². The average molecular weight is 293 g/mol. The molecule has 1 unspecified atom stereocenters. The van der Waals surface area contributed by atoms with Gasteiger partial charge in [-0.05, 0) is 30.0 Å². The van der Waals surface area contributed by atoms with Crippen LogP contribution < -0.4 is 4.74 Å². The highest BCUT2D eigenvalue weighted by Gasteiger charge is 2.32. The molecule has 1 nitrogen and oxygen atoms in total. The second-order valence-corrected chi connectivity index (χ2v) is 7.66. The summed E-state index contributed by atoms with van der Waals surface area (Å²) in [7, 11) is 0. The van der Waals surface area contributed by atoms with Gasteiger partial charge in [0.05, 0.1) is 12.0 Å². The van der Waals surface area contributed by atoms with Crippen LogP contribution >= 0.6 is 11.6 Å². The van der Waals surface area contributed by atoms with Crippen LogP contribution in [0.2, 0.25) is 0 Å². The van der Waals surface area contributed by atoms with Gasteiger partial charge in [-0.1, -0.05) is 52.0 Å². The van der Waals surface area contributed by atoms with Crippen molar-refractivity contribution in [3.8, 4) is 5.75 Å². The van der Waals surface area contributed by atoms with Crippen LogP contribution in [0.5, 0.6) is 5.75 Å². The third-order valence-electron chi connectivity index (χ3n) is 4.95. The van der Waals surface area contributed by atoms with Crippen molar-refractivity contribution in [1.29, 1.82) is 0 Å². The molecule has 2 aliphatic rings. The van der Waals surface area contributed by atoms with E-state index < -0.39 is 0 Å². The molecule has 0 amide bonds. The number of hydrogen-bond acceptors (Lipinski definition) is 1. The summed E-state index contributed by atoms with van der Waals surface area (Å²) in [6.45, 7) is 5.27. The highest BCUT2D eigenvalue weighted by molar-refractivity contribution is 6.20. The Kier molecular flexibility index (Phi) is 3.99. The molecule has 1 saturated carbocycles. The van der Waals surface area contributed by atoms with Crippen LogP contribution in [0.15, 0.2) is 18.2 Å². The Bertz CT molecular complexity index is 474. The average Bonchev–Trinajstić information content (AvgIpc) is 2.75. The van der Waals surface area contributed by atoms with Crippen LogP contribution in [-0.2, 0) is 5.41 Å². The monoisotopic (exact) mass is 292 g/mol. The molecule has 0 spiro atoms. The molecule has 1 heterocycles. The van der Waals surface area contributed by atoms with Gasteiger partial charge in [-0.25, -0.2) is 0 Å². The van der Waals surface area contributed by atoms with Gasteiger partial charge < -0.3 is 4.74 Å². The van der Waals surface area contributed by atoms with Crippen LogP contribution in [0, 0.1) is 5.92 Å². The Morgan fingerprint density at radius 3 is 2.75 bits per heavy atom. The summed E-state index contributed by atoms with van der Waals surface area (Å²) in [5.41, 5.74) is 2.71. The van der Waals surface area contributed by atoms with Gasteiger partial charge in [-0.15, -0.1) is 11.6 Å². The molecule has 0 bridgehead atoms. The molecular weight excluding hydrogens is 268 g/mol. The lowest BCUT2D eigenvalue weighted by molar-refractivity contribution is 0.291. The maximum absolute atomic E-state index is 6.69. The van der Waals surface area contributed by atoms with Gasteiger partial charge in [0, 0.05) is 11.0 Å². The lowest BCUT2D eigenvalue weighted by atomic mass is 9.83. The quantitative estimate of drug-likeness (QED) is 0.658. The Hall–Kier alpha value is -0.690. The molecule has 1 aromatic carbocycles. The van der Waals surface area contributed by atoms with Gasteiger partial charge in [0.1, 0.15) is 5.75 Å². The molecule has 1 aromatic rings. The Morgan fingerprint density at radius 2 is 2.00 bits per heavy atom. The van der Waals surface area contributed by atoms with Crippen molar-refractivity contribution in [3.63, 3.8) is 0 Å². The topological polar surface area (TPSA) is 9.23 Å². The molecular formula is C18H25ClO. The lowest BCUT2D eigenvalue weighted by Gasteiger charge is -2.24. The summed E-state index contributed by atoms with van der Waals surface area (Å²) in [5.74, 6) is 1.86. The molecule has 1 fully saturated rings. The molecule has 20 heavy (non-hydrogen) atoms. The minimum Gasteiger partial charge on any atom is -0.492 e. The fourth-order valence-corrected chi connectivity index (χ4v) is 3.97. The SMILES string of the molecule is CC1(C)COc2ccc(C(Cl)CC3CCCCC3)cc21. The molecule has 0 N–H and O–H groups in total. The molecule has 1 atom stereocenters. The number of benzene rings is 1. The summed E-state index contributed by atoms with van der Waals surface area (Å²) in [6, 6.07) is 6.54. The molecule has 0 saturated heterocycles. The van der Waals surface area contributed by atoms with Crippen LogP contribution in [0.4, 0.5) is 0 Å². The Morgan fingerprint density at radius 1 is 1.25 bits per heavy atom. The predicted molar refractivity (Wildman–Crippen MR) is 84.7 cm³/mol. The first-order valence-electron chi connectivity index (χ1n) is 7.97. The summed E-state index contributed by atoms with van der Waals surface area (Å²) in [6.07, 6.45) is 8.04. The molecule has 1 aliphatic carbocycles. The van der Waals surface area contributed by atoms with Crippen molar-refractivity contribution >= 4 is 11.6 Å². The zero-order valence-corrected chi connectivity index (χ0v) is 13.4. The summed E-state index contributed by atoms with van der Waals surface area (Å²) in [5, 5.41) is 0.153. The van der Waals surface area contributed by atoms with E-state index in [1.54, 1.807) is 0 Å². The maximum Gasteiger partial charge on any atom is 0.123 e. The number of halogens is 1. The van der Waals surface area contributed by atoms with Gasteiger partial charge >= 0.3 is 0 Å². The predicted octanol–water partition coefficient (Wildman–Crippen LogP) is 5.61. The highest BCUT2D eigenvalue weighted by Crippen LogP contribution is 2.42. The number of hydrogen-bond donors (Lipinski definition) is 0. The van der Waals surface area contributed by atoms with Gasteiger partial charge in [0.2, 0.25) is 0 Å². The fraction of sp³-hybridized carbons (Fsp3) is 0.667. The van der Waals surface area contributed by atoms with E-state index >= 15 is 0 Å². The first-order valence-corrected chi connectivity index (χ1v) is 8.41. The Balaban J connectivity index is 1.73. The molecule has 1 aliphatic heterocycles. The standard InChI is InChI=1S/C18H25ClO/c1-18(2)12-20-17-9-8-14(11-15(17)18)16(19)10-13-6-4-3-5-7-13/h8-9,11,13,16H,3-7,10,12H2,1-2H3. The van der Waals surface area contributed by atoms with Crippen molar-refractivity contribution in [2.75, 3.05) is 6.61 Å². The van der Waals surface area contributed by atoms with Crippen LogP contribution in [0.3, 0.4) is 0 Å². The first kappa shape index (κ1) is 14.3. The molecule has 110 valence electrons. The number of alkyl halides is 1. The van der Waals surface area contributed by atoms with E-state index in [4.69, 9.17) is 16.3 Å². The van der Waals surface area contributed by atoms with Crippen molar-refractivity contribution in [2.45, 2.75) is 63.2 Å². The zero-order valence-electron chi connectivity index (χ0n) is 12.6. The van der Waals surface area contributed by atoms with E-state index in [0.717, 1.165) is 24.7 Å². The van der Waals surface area contributed by atoms with E-state index in [0.29, 0.717) is 0 Å². The van der Waals surface area contributed by atoms with E-state index in [-0.39, 0.29) is 10.8 Å². The van der Waals surface area contributed by atoms with Gasteiger partial charge in [0.15, 0.2) is 0 Å². The van der Waals surface area contributed by atoms with Crippen LogP contribution in [0.1, 0.15) is 68.9 Å². The molecule has 3 rings (SSSR count). The van der Waals surface area contributed by atoms with E-state index in [1.807, 2.05) is 0 Å². The summed E-state index contributed by atoms with van der Waals surface area (Å²) in [4.78, 5) is 0. The normalized spacial score (nSPS) is 23.1. The van der Waals surface area contributed by atoms with Gasteiger partial charge in [0.25, 0.3) is 0 Å². The molecule has 2 heteroatoms. The molecule has 0 aromatic heterocycles. The van der Waals surface area contributed by atoms with Gasteiger partial charge in [-0.3, -0.25) is 0 Å². The maximum atomic E-state index is 6.69. The second-order valence-electron chi connectivity index (χ2n) is 7.14. The smallest absolute Gasteiger partial charge is 0.123 e. The summed E-state index contributed by atoms with van der Waals surface area (Å²) < 4.78 is 5.76. The molecule has 0 radical (unpaired) electrons. The Labute approximate surface area is 127 Å².